The van der Waals surface area contributed by atoms with Crippen LogP contribution in [-0.2, 0) is 16.0 Å². The number of aliphatic hydroxyl groups is 1. The van der Waals surface area contributed by atoms with Crippen LogP contribution in [0.1, 0.15) is 96.6 Å². The average molecular weight is 551 g/mol. The third-order valence-electron chi connectivity index (χ3n) is 7.49. The molecule has 0 amide bonds. The molecule has 7 nitrogen and oxygen atoms in total. The molecule has 0 bridgehead atoms. The fourth-order valence-electron chi connectivity index (χ4n) is 5.02. The minimum absolute atomic E-state index is 0.0281. The second kappa shape index (κ2) is 11.1. The first-order valence-corrected chi connectivity index (χ1v) is 13.8. The molecule has 0 radical (unpaired) electrons. The van der Waals surface area contributed by atoms with E-state index in [1.54, 1.807) is 47.6 Å². The lowest BCUT2D eigenvalue weighted by Crippen LogP contribution is -2.33. The molecule has 1 unspecified atom stereocenters. The van der Waals surface area contributed by atoms with Gasteiger partial charge in [0, 0.05) is 34.8 Å². The van der Waals surface area contributed by atoms with E-state index in [-0.39, 0.29) is 57.3 Å². The highest BCUT2D eigenvalue weighted by Gasteiger charge is 2.41. The summed E-state index contributed by atoms with van der Waals surface area (Å²) in [6.07, 6.45) is 7.99. The lowest BCUT2D eigenvalue weighted by molar-refractivity contribution is -0.122. The number of phenols is 2. The Morgan fingerprint density at radius 2 is 1.57 bits per heavy atom. The molecule has 0 aromatic heterocycles. The number of aliphatic hydroxyl groups excluding tert-OH is 1. The van der Waals surface area contributed by atoms with Crippen molar-refractivity contribution in [2.45, 2.75) is 87.2 Å². The molecular weight excluding hydrogens is 508 g/mol. The quantitative estimate of drug-likeness (QED) is 0.224. The molecule has 3 N–H and O–H groups in total. The largest absolute Gasteiger partial charge is 0.507 e. The van der Waals surface area contributed by atoms with E-state index >= 15 is 0 Å². The van der Waals surface area contributed by atoms with Gasteiger partial charge in [-0.05, 0) is 59.6 Å². The number of benzene rings is 1. The number of Topliss-reactive ketones (excluding diaryl/α,β-unsaturated/α-hetero) is 3. The summed E-state index contributed by atoms with van der Waals surface area (Å²) >= 11 is 0. The topological polar surface area (TPSA) is 121 Å². The van der Waals surface area contributed by atoms with Gasteiger partial charge in [0.25, 0.3) is 0 Å². The van der Waals surface area contributed by atoms with Crippen molar-refractivity contribution in [2.75, 3.05) is 0 Å². The third-order valence-corrected chi connectivity index (χ3v) is 7.49. The van der Waals surface area contributed by atoms with Crippen LogP contribution in [0.25, 0.3) is 6.08 Å². The number of carbonyl (C=O) groups is 3. The van der Waals surface area contributed by atoms with Crippen LogP contribution in [-0.4, -0.2) is 38.3 Å². The number of ether oxygens (including phenoxy) is 1. The summed E-state index contributed by atoms with van der Waals surface area (Å²) in [6, 6.07) is 0. The average Bonchev–Trinajstić information content (AvgIpc) is 2.84. The molecule has 1 heterocycles. The normalized spacial score (nSPS) is 19.9. The highest BCUT2D eigenvalue weighted by Crippen LogP contribution is 2.49. The minimum atomic E-state index is -1.10. The van der Waals surface area contributed by atoms with Crippen molar-refractivity contribution in [3.63, 3.8) is 0 Å². The van der Waals surface area contributed by atoms with Crippen LogP contribution in [0.5, 0.6) is 17.2 Å². The molecule has 1 atom stereocenters. The van der Waals surface area contributed by atoms with Gasteiger partial charge in [-0.15, -0.1) is 0 Å². The van der Waals surface area contributed by atoms with Gasteiger partial charge in [-0.1, -0.05) is 45.4 Å². The molecule has 3 rings (SSSR count). The Morgan fingerprint density at radius 3 is 2.12 bits per heavy atom. The Kier molecular flexibility index (Phi) is 8.59. The fraction of sp³-hybridized carbons (Fsp3) is 0.485. The number of rotatable bonds is 9. The van der Waals surface area contributed by atoms with E-state index in [0.29, 0.717) is 6.42 Å². The van der Waals surface area contributed by atoms with Gasteiger partial charge in [0.05, 0.1) is 11.1 Å². The number of phenolic OH excluding ortho intramolecular Hbond substituents is 2. The molecule has 7 heteroatoms. The van der Waals surface area contributed by atoms with Gasteiger partial charge in [-0.25, -0.2) is 0 Å². The maximum Gasteiger partial charge on any atom is 0.172 e. The summed E-state index contributed by atoms with van der Waals surface area (Å²) in [6.45, 7) is 16.0. The van der Waals surface area contributed by atoms with Crippen molar-refractivity contribution in [1.82, 2.24) is 0 Å². The van der Waals surface area contributed by atoms with Gasteiger partial charge in [0.15, 0.2) is 17.3 Å². The van der Waals surface area contributed by atoms with Crippen LogP contribution in [0.15, 0.2) is 40.7 Å². The Balaban J connectivity index is 2.21. The SMILES string of the molecule is CC(C)=CCCC1(C)C=Cc2c(O)c(CC3=C(O)C(C(=O)C(C)C)=CC(C)(C)C3=O)c(O)c(C(=O)C(C)C)c2O1. The van der Waals surface area contributed by atoms with Gasteiger partial charge in [0.2, 0.25) is 0 Å². The molecule has 0 spiro atoms. The molecule has 1 aliphatic heterocycles. The van der Waals surface area contributed by atoms with Crippen molar-refractivity contribution in [2.24, 2.45) is 17.3 Å². The molecular formula is C33H42O7. The van der Waals surface area contributed by atoms with Crippen molar-refractivity contribution in [1.29, 1.82) is 0 Å². The van der Waals surface area contributed by atoms with Gasteiger partial charge in [-0.3, -0.25) is 14.4 Å². The number of hydrogen-bond acceptors (Lipinski definition) is 7. The van der Waals surface area contributed by atoms with Gasteiger partial charge in [-0.2, -0.15) is 0 Å². The van der Waals surface area contributed by atoms with Gasteiger partial charge in [0.1, 0.15) is 34.2 Å². The lowest BCUT2D eigenvalue weighted by atomic mass is 9.74. The summed E-state index contributed by atoms with van der Waals surface area (Å²) in [7, 11) is 0. The van der Waals surface area contributed by atoms with E-state index < -0.39 is 40.1 Å². The number of ketones is 3. The van der Waals surface area contributed by atoms with Crippen molar-refractivity contribution >= 4 is 23.4 Å². The molecule has 216 valence electrons. The predicted molar refractivity (Wildman–Crippen MR) is 156 cm³/mol. The lowest BCUT2D eigenvalue weighted by Gasteiger charge is -2.34. The van der Waals surface area contributed by atoms with E-state index in [4.69, 9.17) is 4.74 Å². The standard InChI is InChI=1S/C33H42O7/c1-17(2)11-10-13-33(9)14-12-20-27(36)21(29(38)24(30(20)40-33)26(35)19(5)6)15-22-28(37)23(25(34)18(3)4)16-32(7,8)31(22)39/h11-12,14,16,18-19,36-38H,10,13,15H2,1-9H3. The summed E-state index contributed by atoms with van der Waals surface area (Å²) < 4.78 is 6.32. The highest BCUT2D eigenvalue weighted by atomic mass is 16.5. The Bertz CT molecular complexity index is 1380. The first-order chi connectivity index (χ1) is 18.4. The second-order valence-electron chi connectivity index (χ2n) is 12.5. The maximum absolute atomic E-state index is 13.4. The van der Waals surface area contributed by atoms with Gasteiger partial charge < -0.3 is 20.1 Å². The summed E-state index contributed by atoms with van der Waals surface area (Å²) in [5.41, 5.74) is -0.753. The number of carbonyl (C=O) groups excluding carboxylic acids is 3. The zero-order valence-electron chi connectivity index (χ0n) is 25.1. The third kappa shape index (κ3) is 5.79. The number of fused-ring (bicyclic) bond motifs is 1. The zero-order valence-corrected chi connectivity index (χ0v) is 25.1. The molecule has 0 saturated heterocycles. The first-order valence-electron chi connectivity index (χ1n) is 13.8. The molecule has 0 fully saturated rings. The van der Waals surface area contributed by atoms with Crippen molar-refractivity contribution in [3.05, 3.63) is 57.4 Å². The van der Waals surface area contributed by atoms with E-state index in [1.165, 1.54) is 11.6 Å². The molecule has 0 saturated carbocycles. The zero-order chi connectivity index (χ0) is 30.3. The van der Waals surface area contributed by atoms with E-state index in [9.17, 15) is 29.7 Å². The molecule has 1 aromatic rings. The maximum atomic E-state index is 13.4. The fourth-order valence-corrected chi connectivity index (χ4v) is 5.02. The Morgan fingerprint density at radius 1 is 0.975 bits per heavy atom. The number of allylic oxidation sites excluding steroid dienone is 5. The Hall–Kier alpha value is -3.61. The van der Waals surface area contributed by atoms with E-state index in [2.05, 4.69) is 6.08 Å². The van der Waals surface area contributed by atoms with Crippen LogP contribution in [0.3, 0.4) is 0 Å². The first kappa shape index (κ1) is 30.9. The molecule has 1 aliphatic carbocycles. The number of aromatic hydroxyl groups is 2. The van der Waals surface area contributed by atoms with Crippen LogP contribution >= 0.6 is 0 Å². The molecule has 2 aliphatic rings. The summed E-state index contributed by atoms with van der Waals surface area (Å²) in [4.78, 5) is 39.7. The monoisotopic (exact) mass is 550 g/mol. The van der Waals surface area contributed by atoms with Crippen LogP contribution in [0.2, 0.25) is 0 Å². The molecule has 1 aromatic carbocycles. The van der Waals surface area contributed by atoms with E-state index in [1.807, 2.05) is 26.8 Å². The van der Waals surface area contributed by atoms with Crippen LogP contribution in [0, 0.1) is 17.3 Å². The van der Waals surface area contributed by atoms with Crippen LogP contribution in [0.4, 0.5) is 0 Å². The molecule has 40 heavy (non-hydrogen) atoms. The Labute approximate surface area is 236 Å². The van der Waals surface area contributed by atoms with Crippen molar-refractivity contribution in [3.8, 4) is 17.2 Å². The van der Waals surface area contributed by atoms with Gasteiger partial charge >= 0.3 is 0 Å². The second-order valence-corrected chi connectivity index (χ2v) is 12.5. The summed E-state index contributed by atoms with van der Waals surface area (Å²) in [5.74, 6) is -3.33. The summed E-state index contributed by atoms with van der Waals surface area (Å²) in [5, 5.41) is 33.9. The highest BCUT2D eigenvalue weighted by molar-refractivity contribution is 6.10. The van der Waals surface area contributed by atoms with Crippen molar-refractivity contribution < 1.29 is 34.4 Å². The number of hydrogen-bond donors (Lipinski definition) is 3. The van der Waals surface area contributed by atoms with Crippen LogP contribution < -0.4 is 4.74 Å². The van der Waals surface area contributed by atoms with E-state index in [0.717, 1.165) is 6.42 Å². The smallest absolute Gasteiger partial charge is 0.172 e. The predicted octanol–water partition coefficient (Wildman–Crippen LogP) is 6.96. The minimum Gasteiger partial charge on any atom is -0.507 e.